The van der Waals surface area contributed by atoms with E-state index in [0.717, 1.165) is 17.0 Å². The average Bonchev–Trinajstić information content (AvgIpc) is 3.09. The van der Waals surface area contributed by atoms with Crippen LogP contribution in [0.25, 0.3) is 6.08 Å². The predicted octanol–water partition coefficient (Wildman–Crippen LogP) is 5.52. The summed E-state index contributed by atoms with van der Waals surface area (Å²) in [4.78, 5) is 12.7. The first-order chi connectivity index (χ1) is 15.4. The second-order valence-electron chi connectivity index (χ2n) is 7.10. The number of ether oxygens (including phenoxy) is 2. The van der Waals surface area contributed by atoms with Crippen LogP contribution in [0.5, 0.6) is 11.5 Å². The molecule has 2 aromatic carbocycles. The minimum Gasteiger partial charge on any atom is -0.490 e. The lowest BCUT2D eigenvalue weighted by Gasteiger charge is -2.15. The van der Waals surface area contributed by atoms with Crippen molar-refractivity contribution in [3.8, 4) is 17.6 Å². The molecule has 0 fully saturated rings. The highest BCUT2D eigenvalue weighted by Crippen LogP contribution is 2.38. The smallest absolute Gasteiger partial charge is 0.280 e. The highest BCUT2D eigenvalue weighted by atomic mass is 79.9. The number of rotatable bonds is 8. The second-order valence-corrected chi connectivity index (χ2v) is 7.95. The Morgan fingerprint density at radius 1 is 1.12 bits per heavy atom. The van der Waals surface area contributed by atoms with Crippen LogP contribution >= 0.6 is 15.9 Å². The molecule has 6 nitrogen and oxygen atoms in total. The Labute approximate surface area is 196 Å². The van der Waals surface area contributed by atoms with Crippen LogP contribution in [0.1, 0.15) is 29.4 Å². The number of hydrogen-bond acceptors (Lipinski definition) is 4. The number of halogens is 1. The molecule has 1 heterocycles. The highest BCUT2D eigenvalue weighted by molar-refractivity contribution is 9.10. The van der Waals surface area contributed by atoms with Gasteiger partial charge in [-0.05, 0) is 78.2 Å². The summed E-state index contributed by atoms with van der Waals surface area (Å²) in [7, 11) is 0. The molecule has 164 valence electrons. The van der Waals surface area contributed by atoms with Crippen LogP contribution in [-0.2, 0) is 11.4 Å². The summed E-state index contributed by atoms with van der Waals surface area (Å²) in [6.07, 6.45) is 1.53. The Hall–Kier alpha value is -3.50. The molecule has 3 aromatic rings. The number of nitrogens with one attached hydrogen (secondary N) is 1. The zero-order valence-corrected chi connectivity index (χ0v) is 19.8. The fourth-order valence-electron chi connectivity index (χ4n) is 3.13. The third-order valence-electron chi connectivity index (χ3n) is 4.72. The van der Waals surface area contributed by atoms with Gasteiger partial charge in [0.05, 0.1) is 11.1 Å². The number of amides is 1. The summed E-state index contributed by atoms with van der Waals surface area (Å²) in [6.45, 7) is 6.47. The molecule has 0 aliphatic rings. The Balaban J connectivity index is 1.86. The number of nitriles is 1. The maximum atomic E-state index is 12.7. The van der Waals surface area contributed by atoms with Crippen molar-refractivity contribution in [2.24, 2.45) is 0 Å². The van der Waals surface area contributed by atoms with Crippen LogP contribution in [0.3, 0.4) is 0 Å². The largest absolute Gasteiger partial charge is 0.490 e. The maximum absolute atomic E-state index is 12.7. The van der Waals surface area contributed by atoms with E-state index >= 15 is 0 Å². The summed E-state index contributed by atoms with van der Waals surface area (Å²) in [5, 5.41) is 9.58. The van der Waals surface area contributed by atoms with Gasteiger partial charge in [-0.25, -0.2) is 0 Å². The molecule has 1 amide bonds. The molecule has 0 aliphatic heterocycles. The Bertz CT molecular complexity index is 1160. The van der Waals surface area contributed by atoms with Crippen LogP contribution < -0.4 is 14.9 Å². The van der Waals surface area contributed by atoms with E-state index in [9.17, 15) is 10.1 Å². The Morgan fingerprint density at radius 3 is 2.44 bits per heavy atom. The summed E-state index contributed by atoms with van der Waals surface area (Å²) in [5.41, 5.74) is 6.14. The molecular formula is C25H24BrN3O3. The molecule has 0 unspecified atom stereocenters. The third-order valence-corrected chi connectivity index (χ3v) is 5.31. The predicted molar refractivity (Wildman–Crippen MR) is 128 cm³/mol. The van der Waals surface area contributed by atoms with Gasteiger partial charge in [0.1, 0.15) is 18.2 Å². The fourth-order valence-corrected chi connectivity index (χ4v) is 3.70. The number of hydrogen-bond donors (Lipinski definition) is 1. The highest BCUT2D eigenvalue weighted by Gasteiger charge is 2.15. The molecule has 0 bridgehead atoms. The van der Waals surface area contributed by atoms with E-state index in [4.69, 9.17) is 9.47 Å². The molecule has 0 aliphatic carbocycles. The summed E-state index contributed by atoms with van der Waals surface area (Å²) < 4.78 is 14.1. The number of benzene rings is 2. The van der Waals surface area contributed by atoms with E-state index in [1.165, 1.54) is 6.08 Å². The lowest BCUT2D eigenvalue weighted by molar-refractivity contribution is -0.113. The molecule has 0 radical (unpaired) electrons. The van der Waals surface area contributed by atoms with Gasteiger partial charge < -0.3 is 9.47 Å². The van der Waals surface area contributed by atoms with Crippen molar-refractivity contribution < 1.29 is 14.3 Å². The van der Waals surface area contributed by atoms with Gasteiger partial charge in [-0.3, -0.25) is 14.9 Å². The first kappa shape index (κ1) is 23.2. The number of carbonyl (C=O) groups is 1. The molecule has 1 aromatic heterocycles. The van der Waals surface area contributed by atoms with Gasteiger partial charge in [-0.1, -0.05) is 30.3 Å². The minimum absolute atomic E-state index is 0.0233. The topological polar surface area (TPSA) is 76.3 Å². The molecule has 0 saturated carbocycles. The minimum atomic E-state index is -0.492. The van der Waals surface area contributed by atoms with Gasteiger partial charge in [0.25, 0.3) is 5.91 Å². The molecule has 7 heteroatoms. The van der Waals surface area contributed by atoms with Crippen molar-refractivity contribution in [1.29, 1.82) is 5.26 Å². The van der Waals surface area contributed by atoms with Gasteiger partial charge in [0.15, 0.2) is 11.5 Å². The van der Waals surface area contributed by atoms with Crippen molar-refractivity contribution >= 4 is 27.9 Å². The van der Waals surface area contributed by atoms with Crippen LogP contribution in [0.2, 0.25) is 0 Å². The lowest BCUT2D eigenvalue weighted by atomic mass is 10.1. The van der Waals surface area contributed by atoms with Crippen LogP contribution in [0.15, 0.2) is 64.6 Å². The Kier molecular flexibility index (Phi) is 7.74. The van der Waals surface area contributed by atoms with E-state index in [1.54, 1.807) is 16.8 Å². The van der Waals surface area contributed by atoms with Crippen molar-refractivity contribution in [3.05, 3.63) is 87.2 Å². The second kappa shape index (κ2) is 10.7. The van der Waals surface area contributed by atoms with Crippen LogP contribution in [0.4, 0.5) is 0 Å². The standard InChI is InChI=1S/C25H24BrN3O3/c1-4-31-23-14-20(13-22(26)24(23)32-16-19-8-6-5-7-9-19)12-21(15-27)25(30)28-29-17(2)10-11-18(29)3/h5-14H,4,16H2,1-3H3,(H,28,30)/b21-12-. The van der Waals surface area contributed by atoms with Gasteiger partial charge in [-0.2, -0.15) is 5.26 Å². The molecule has 0 atom stereocenters. The van der Waals surface area contributed by atoms with E-state index in [2.05, 4.69) is 21.4 Å². The quantitative estimate of drug-likeness (QED) is 0.331. The molecule has 32 heavy (non-hydrogen) atoms. The molecule has 0 spiro atoms. The summed E-state index contributed by atoms with van der Waals surface area (Å²) in [6, 6.07) is 19.1. The molecular weight excluding hydrogens is 470 g/mol. The van der Waals surface area contributed by atoms with Crippen molar-refractivity contribution in [2.75, 3.05) is 12.0 Å². The maximum Gasteiger partial charge on any atom is 0.280 e. The fraction of sp³-hybridized carbons (Fsp3) is 0.200. The number of aromatic nitrogens is 1. The average molecular weight is 494 g/mol. The Morgan fingerprint density at radius 2 is 1.81 bits per heavy atom. The molecule has 0 saturated heterocycles. The van der Waals surface area contributed by atoms with Crippen molar-refractivity contribution in [3.63, 3.8) is 0 Å². The lowest BCUT2D eigenvalue weighted by Crippen LogP contribution is -2.25. The summed E-state index contributed by atoms with van der Waals surface area (Å²) >= 11 is 3.54. The first-order valence-electron chi connectivity index (χ1n) is 10.1. The van der Waals surface area contributed by atoms with Gasteiger partial charge in [0.2, 0.25) is 0 Å². The third kappa shape index (κ3) is 5.59. The zero-order chi connectivity index (χ0) is 23.1. The summed E-state index contributed by atoms with van der Waals surface area (Å²) in [5.74, 6) is 0.599. The van der Waals surface area contributed by atoms with Gasteiger partial charge in [0, 0.05) is 11.4 Å². The first-order valence-corrected chi connectivity index (χ1v) is 10.9. The van der Waals surface area contributed by atoms with Crippen molar-refractivity contribution in [1.82, 2.24) is 4.68 Å². The monoisotopic (exact) mass is 493 g/mol. The van der Waals surface area contributed by atoms with E-state index in [-0.39, 0.29) is 5.57 Å². The molecule has 1 N–H and O–H groups in total. The molecule has 3 rings (SSSR count). The van der Waals surface area contributed by atoms with Crippen molar-refractivity contribution in [2.45, 2.75) is 27.4 Å². The van der Waals surface area contributed by atoms with E-state index < -0.39 is 5.91 Å². The van der Waals surface area contributed by atoms with E-state index in [0.29, 0.717) is 34.7 Å². The normalized spacial score (nSPS) is 11.0. The number of nitrogens with zero attached hydrogens (tertiary/aromatic N) is 2. The van der Waals surface area contributed by atoms with E-state index in [1.807, 2.05) is 69.3 Å². The SMILES string of the molecule is CCOc1cc(/C=C(/C#N)C(=O)Nn2c(C)ccc2C)cc(Br)c1OCc1ccccc1. The number of aryl methyl sites for hydroxylation is 2. The van der Waals surface area contributed by atoms with Gasteiger partial charge in [-0.15, -0.1) is 0 Å². The zero-order valence-electron chi connectivity index (χ0n) is 18.2. The van der Waals surface area contributed by atoms with Gasteiger partial charge >= 0.3 is 0 Å². The van der Waals surface area contributed by atoms with Crippen LogP contribution in [0, 0.1) is 25.2 Å². The van der Waals surface area contributed by atoms with Crippen LogP contribution in [-0.4, -0.2) is 17.2 Å². The number of carbonyl (C=O) groups excluding carboxylic acids is 1.